The lowest BCUT2D eigenvalue weighted by Gasteiger charge is -2.27. The second-order valence-corrected chi connectivity index (χ2v) is 13.5. The minimum atomic E-state index is -4.57. The number of nitrogens with zero attached hydrogens (tertiary/aromatic N) is 2. The summed E-state index contributed by atoms with van der Waals surface area (Å²) < 4.78 is 72.6. The van der Waals surface area contributed by atoms with E-state index in [1.54, 1.807) is 12.1 Å². The molecule has 6 nitrogen and oxygen atoms in total. The highest BCUT2D eigenvalue weighted by Gasteiger charge is 2.28. The van der Waals surface area contributed by atoms with E-state index in [0.29, 0.717) is 26.5 Å². The molecule has 0 saturated carbocycles. The van der Waals surface area contributed by atoms with Gasteiger partial charge in [-0.25, -0.2) is 0 Å². The molecule has 2 N–H and O–H groups in total. The number of fused-ring (bicyclic) bond motifs is 1. The first-order valence-corrected chi connectivity index (χ1v) is 17.8. The van der Waals surface area contributed by atoms with Crippen LogP contribution in [0.25, 0.3) is 10.8 Å². The fourth-order valence-electron chi connectivity index (χ4n) is 6.00. The highest BCUT2D eigenvalue weighted by molar-refractivity contribution is 7.85. The number of rotatable bonds is 14. The molecule has 0 aliphatic heterocycles. The van der Waals surface area contributed by atoms with Gasteiger partial charge in [-0.2, -0.15) is 21.6 Å². The molecular formula is C35H40Cl2F3N3O3S. The molecule has 4 aromatic carbocycles. The molecule has 254 valence electrons. The molecule has 0 unspecified atom stereocenters. The minimum absolute atomic E-state index is 0.00474. The van der Waals surface area contributed by atoms with Crippen LogP contribution in [0.15, 0.2) is 71.6 Å². The fourth-order valence-corrected chi connectivity index (χ4v) is 7.08. The summed E-state index contributed by atoms with van der Waals surface area (Å²) in [5, 5.41) is 5.10. The van der Waals surface area contributed by atoms with Crippen LogP contribution >= 0.6 is 23.2 Å². The first-order valence-electron chi connectivity index (χ1n) is 15.7. The maximum Gasteiger partial charge on any atom is 0.389 e. The van der Waals surface area contributed by atoms with Crippen LogP contribution in [0.4, 0.5) is 30.2 Å². The third kappa shape index (κ3) is 8.65. The van der Waals surface area contributed by atoms with Crippen molar-refractivity contribution in [3.8, 4) is 0 Å². The molecule has 0 fully saturated rings. The van der Waals surface area contributed by atoms with E-state index in [1.807, 2.05) is 42.5 Å². The Labute approximate surface area is 285 Å². The van der Waals surface area contributed by atoms with Gasteiger partial charge in [-0.15, -0.1) is 0 Å². The van der Waals surface area contributed by atoms with E-state index in [0.717, 1.165) is 54.2 Å². The van der Waals surface area contributed by atoms with Gasteiger partial charge < -0.3 is 15.1 Å². The quantitative estimate of drug-likeness (QED) is 0.0771. The molecule has 0 heterocycles. The summed E-state index contributed by atoms with van der Waals surface area (Å²) in [5.41, 5.74) is 4.65. The predicted molar refractivity (Wildman–Crippen MR) is 189 cm³/mol. The Balaban J connectivity index is 1.96. The Bertz CT molecular complexity index is 1750. The number of benzene rings is 4. The molecule has 0 atom stereocenters. The normalized spacial score (nSPS) is 12.1. The second kappa shape index (κ2) is 15.4. The molecule has 12 heteroatoms. The number of nitrogens with one attached hydrogen (secondary N) is 1. The average molecular weight is 711 g/mol. The van der Waals surface area contributed by atoms with Crippen molar-refractivity contribution in [2.75, 3.05) is 47.8 Å². The van der Waals surface area contributed by atoms with Gasteiger partial charge in [0.05, 0.1) is 4.90 Å². The highest BCUT2D eigenvalue weighted by Crippen LogP contribution is 2.45. The zero-order valence-electron chi connectivity index (χ0n) is 26.8. The van der Waals surface area contributed by atoms with Crippen molar-refractivity contribution in [1.29, 1.82) is 0 Å². The maximum atomic E-state index is 12.8. The van der Waals surface area contributed by atoms with E-state index in [4.69, 9.17) is 23.2 Å². The molecule has 47 heavy (non-hydrogen) atoms. The predicted octanol–water partition coefficient (Wildman–Crippen LogP) is 10.0. The molecule has 0 bridgehead atoms. The molecule has 0 aliphatic carbocycles. The van der Waals surface area contributed by atoms with Crippen LogP contribution in [-0.2, 0) is 10.1 Å². The minimum Gasteiger partial charge on any atom is -0.385 e. The van der Waals surface area contributed by atoms with Crippen LogP contribution in [0.1, 0.15) is 63.1 Å². The van der Waals surface area contributed by atoms with Crippen molar-refractivity contribution in [2.45, 2.75) is 57.5 Å². The van der Waals surface area contributed by atoms with Gasteiger partial charge >= 0.3 is 6.18 Å². The molecule has 0 spiro atoms. The van der Waals surface area contributed by atoms with Gasteiger partial charge in [0.2, 0.25) is 0 Å². The van der Waals surface area contributed by atoms with E-state index in [-0.39, 0.29) is 17.9 Å². The Morgan fingerprint density at radius 1 is 0.745 bits per heavy atom. The van der Waals surface area contributed by atoms with Gasteiger partial charge in [0, 0.05) is 77.6 Å². The van der Waals surface area contributed by atoms with Crippen molar-refractivity contribution in [3.63, 3.8) is 0 Å². The van der Waals surface area contributed by atoms with E-state index in [1.165, 1.54) is 12.1 Å². The Hall–Kier alpha value is -3.18. The summed E-state index contributed by atoms with van der Waals surface area (Å²) in [5.74, 6) is -0.509. The van der Waals surface area contributed by atoms with Crippen LogP contribution in [0, 0.1) is 0 Å². The molecular weight excluding hydrogens is 670 g/mol. The Kier molecular flexibility index (Phi) is 12.0. The van der Waals surface area contributed by atoms with Crippen molar-refractivity contribution >= 4 is 61.2 Å². The largest absolute Gasteiger partial charge is 0.389 e. The van der Waals surface area contributed by atoms with Crippen LogP contribution in [0.2, 0.25) is 10.0 Å². The van der Waals surface area contributed by atoms with Crippen molar-refractivity contribution < 1.29 is 26.1 Å². The molecule has 0 radical (unpaired) electrons. The lowest BCUT2D eigenvalue weighted by molar-refractivity contribution is -0.134. The van der Waals surface area contributed by atoms with Crippen molar-refractivity contribution in [2.24, 2.45) is 0 Å². The summed E-state index contributed by atoms with van der Waals surface area (Å²) in [7, 11) is -4.57. The molecule has 4 rings (SSSR count). The number of hydrogen-bond donors (Lipinski definition) is 2. The molecule has 0 amide bonds. The fraction of sp³-hybridized carbons (Fsp3) is 0.371. The number of hydrogen-bond acceptors (Lipinski definition) is 5. The maximum absolute atomic E-state index is 12.8. The summed E-state index contributed by atoms with van der Waals surface area (Å²) in [6.07, 6.45) is -5.42. The van der Waals surface area contributed by atoms with E-state index < -0.39 is 28.6 Å². The molecule has 0 aliphatic rings. The smallest absolute Gasteiger partial charge is 0.385 e. The topological polar surface area (TPSA) is 72.9 Å². The summed E-state index contributed by atoms with van der Waals surface area (Å²) >= 11 is 14.1. The van der Waals surface area contributed by atoms with Gasteiger partial charge in [0.25, 0.3) is 10.1 Å². The van der Waals surface area contributed by atoms with Crippen LogP contribution in [0.3, 0.4) is 0 Å². The van der Waals surface area contributed by atoms with Crippen LogP contribution < -0.4 is 15.1 Å². The van der Waals surface area contributed by atoms with Crippen molar-refractivity contribution in [1.82, 2.24) is 0 Å². The SMILES string of the molecule is CCN(CC)c1ccc(C(c2ccc(N(CC)CC)cc2Cl)c2ccc(NCCCC(F)(F)F)c3cc(S(=O)(=O)O)ccc23)c(Cl)c1. The standard InChI is InChI=1S/C35H40Cl2F3N3O3S/c1-5-42(6-2)23-10-13-28(31(36)20-23)34(29-14-11-24(21-32(29)37)43(7-3)8-4)27-16-17-33(41-19-9-18-35(38,39)40)30-22-25(47(44,45)46)12-15-26(27)30/h10-17,20-22,34,41H,5-9,18-19H2,1-4H3,(H,44,45,46). The zero-order chi connectivity index (χ0) is 34.5. The van der Waals surface area contributed by atoms with E-state index in [9.17, 15) is 26.1 Å². The van der Waals surface area contributed by atoms with Crippen LogP contribution in [-0.4, -0.2) is 51.9 Å². The van der Waals surface area contributed by atoms with Gasteiger partial charge in [-0.1, -0.05) is 47.5 Å². The molecule has 4 aromatic rings. The van der Waals surface area contributed by atoms with Crippen molar-refractivity contribution in [3.05, 3.63) is 93.5 Å². The van der Waals surface area contributed by atoms with Crippen LogP contribution in [0.5, 0.6) is 0 Å². The number of alkyl halides is 3. The Morgan fingerprint density at radius 2 is 1.26 bits per heavy atom. The lowest BCUT2D eigenvalue weighted by atomic mass is 9.82. The lowest BCUT2D eigenvalue weighted by Crippen LogP contribution is -2.22. The number of halogens is 5. The second-order valence-electron chi connectivity index (χ2n) is 11.2. The third-order valence-electron chi connectivity index (χ3n) is 8.43. The molecule has 0 saturated heterocycles. The summed E-state index contributed by atoms with van der Waals surface area (Å²) in [6, 6.07) is 19.6. The summed E-state index contributed by atoms with van der Waals surface area (Å²) in [6.45, 7) is 11.5. The Morgan fingerprint density at radius 3 is 1.70 bits per heavy atom. The summed E-state index contributed by atoms with van der Waals surface area (Å²) in [4.78, 5) is 4.03. The third-order valence-corrected chi connectivity index (χ3v) is 9.93. The molecule has 0 aromatic heterocycles. The average Bonchev–Trinajstić information content (AvgIpc) is 3.01. The van der Waals surface area contributed by atoms with Gasteiger partial charge in [0.15, 0.2) is 0 Å². The first-order chi connectivity index (χ1) is 22.2. The van der Waals surface area contributed by atoms with Gasteiger partial charge in [-0.3, -0.25) is 4.55 Å². The zero-order valence-corrected chi connectivity index (χ0v) is 29.2. The van der Waals surface area contributed by atoms with E-state index in [2.05, 4.69) is 42.8 Å². The monoisotopic (exact) mass is 709 g/mol. The van der Waals surface area contributed by atoms with Gasteiger partial charge in [-0.05, 0) is 98.7 Å². The highest BCUT2D eigenvalue weighted by atomic mass is 35.5. The first kappa shape index (κ1) is 36.7. The number of anilines is 3. The van der Waals surface area contributed by atoms with E-state index >= 15 is 0 Å². The van der Waals surface area contributed by atoms with Gasteiger partial charge in [0.1, 0.15) is 0 Å².